The molecule has 0 saturated heterocycles. The highest BCUT2D eigenvalue weighted by molar-refractivity contribution is 7.89. The minimum atomic E-state index is -3.49. The number of hydrogen-bond donors (Lipinski definition) is 1. The molecule has 0 saturated carbocycles. The molecule has 4 nitrogen and oxygen atoms in total. The summed E-state index contributed by atoms with van der Waals surface area (Å²) in [6.45, 7) is 5.06. The van der Waals surface area contributed by atoms with Crippen molar-refractivity contribution in [1.82, 2.24) is 4.31 Å². The highest BCUT2D eigenvalue weighted by Gasteiger charge is 2.27. The van der Waals surface area contributed by atoms with Crippen LogP contribution in [0.15, 0.2) is 41.3 Å². The molecule has 0 fully saturated rings. The number of sulfonamides is 1. The lowest BCUT2D eigenvalue weighted by atomic mass is 10.2. The molecule has 0 radical (unpaired) electrons. The van der Waals surface area contributed by atoms with E-state index in [4.69, 9.17) is 5.73 Å². The van der Waals surface area contributed by atoms with Gasteiger partial charge in [0.2, 0.25) is 10.0 Å². The van der Waals surface area contributed by atoms with Gasteiger partial charge in [-0.05, 0) is 38.4 Å². The van der Waals surface area contributed by atoms with Gasteiger partial charge in [0.25, 0.3) is 0 Å². The maximum Gasteiger partial charge on any atom is 0.244 e. The van der Waals surface area contributed by atoms with E-state index in [-0.39, 0.29) is 0 Å². The Labute approximate surface area is 136 Å². The van der Waals surface area contributed by atoms with Crippen LogP contribution in [-0.4, -0.2) is 25.8 Å². The van der Waals surface area contributed by atoms with Crippen molar-refractivity contribution in [2.24, 2.45) is 5.73 Å². The fourth-order valence-corrected chi connectivity index (χ4v) is 5.33. The smallest absolute Gasteiger partial charge is 0.244 e. The molecule has 0 aliphatic carbocycles. The van der Waals surface area contributed by atoms with Crippen LogP contribution >= 0.6 is 11.3 Å². The van der Waals surface area contributed by atoms with Crippen LogP contribution < -0.4 is 5.73 Å². The van der Waals surface area contributed by atoms with Crippen molar-refractivity contribution in [3.05, 3.63) is 51.7 Å². The Morgan fingerprint density at radius 2 is 1.86 bits per heavy atom. The van der Waals surface area contributed by atoms with Crippen molar-refractivity contribution < 1.29 is 8.42 Å². The summed E-state index contributed by atoms with van der Waals surface area (Å²) in [5.41, 5.74) is 6.55. The van der Waals surface area contributed by atoms with Gasteiger partial charge in [-0.2, -0.15) is 4.31 Å². The number of hydrogen-bond acceptors (Lipinski definition) is 4. The molecule has 2 rings (SSSR count). The minimum Gasteiger partial charge on any atom is -0.330 e. The molecule has 6 heteroatoms. The monoisotopic (exact) mass is 338 g/mol. The maximum atomic E-state index is 13.0. The zero-order valence-electron chi connectivity index (χ0n) is 13.0. The fraction of sp³-hybridized carbons (Fsp3) is 0.375. The number of benzene rings is 1. The number of rotatable bonds is 7. The summed E-state index contributed by atoms with van der Waals surface area (Å²) >= 11 is 1.51. The van der Waals surface area contributed by atoms with E-state index < -0.39 is 10.0 Å². The summed E-state index contributed by atoms with van der Waals surface area (Å²) < 4.78 is 27.5. The molecule has 0 unspecified atom stereocenters. The molecular weight excluding hydrogens is 316 g/mol. The molecule has 1 aromatic carbocycles. The molecule has 22 heavy (non-hydrogen) atoms. The first kappa shape index (κ1) is 17.1. The predicted octanol–water partition coefficient (Wildman–Crippen LogP) is 2.90. The second-order valence-electron chi connectivity index (χ2n) is 5.24. The third-order valence-electron chi connectivity index (χ3n) is 3.43. The molecule has 1 aromatic heterocycles. The number of thiophene rings is 1. The van der Waals surface area contributed by atoms with E-state index in [0.717, 1.165) is 15.3 Å². The van der Waals surface area contributed by atoms with Gasteiger partial charge in [0.1, 0.15) is 0 Å². The molecule has 0 bridgehead atoms. The van der Waals surface area contributed by atoms with E-state index in [2.05, 4.69) is 0 Å². The van der Waals surface area contributed by atoms with Crippen LogP contribution in [0.2, 0.25) is 0 Å². The zero-order valence-corrected chi connectivity index (χ0v) is 14.6. The molecule has 2 aromatic rings. The van der Waals surface area contributed by atoms with Gasteiger partial charge in [-0.15, -0.1) is 11.3 Å². The summed E-state index contributed by atoms with van der Waals surface area (Å²) in [6, 6.07) is 11.4. The van der Waals surface area contributed by atoms with E-state index >= 15 is 0 Å². The molecule has 0 atom stereocenters. The first-order valence-electron chi connectivity index (χ1n) is 7.26. The Balaban J connectivity index is 2.33. The minimum absolute atomic E-state index is 0.373. The van der Waals surface area contributed by atoms with Gasteiger partial charge in [0.05, 0.1) is 4.90 Å². The molecule has 2 N–H and O–H groups in total. The van der Waals surface area contributed by atoms with Gasteiger partial charge in [-0.25, -0.2) is 8.42 Å². The third-order valence-corrected chi connectivity index (χ3v) is 6.49. The van der Waals surface area contributed by atoms with Crippen LogP contribution in [0.25, 0.3) is 0 Å². The average Bonchev–Trinajstić information content (AvgIpc) is 2.84. The van der Waals surface area contributed by atoms with Crippen LogP contribution in [-0.2, 0) is 16.6 Å². The van der Waals surface area contributed by atoms with Gasteiger partial charge in [0, 0.05) is 22.8 Å². The van der Waals surface area contributed by atoms with Gasteiger partial charge in [0.15, 0.2) is 0 Å². The molecule has 1 heterocycles. The molecule has 0 spiro atoms. The summed E-state index contributed by atoms with van der Waals surface area (Å²) in [4.78, 5) is 2.26. The molecule has 0 aliphatic heterocycles. The number of nitrogens with zero attached hydrogens (tertiary/aromatic N) is 1. The second kappa shape index (κ2) is 7.37. The Hall–Kier alpha value is -1.21. The third kappa shape index (κ3) is 3.95. The largest absolute Gasteiger partial charge is 0.330 e. The normalized spacial score (nSPS) is 12.0. The lowest BCUT2D eigenvalue weighted by Gasteiger charge is -2.22. The van der Waals surface area contributed by atoms with Crippen LogP contribution in [0.1, 0.15) is 21.7 Å². The Bertz CT molecular complexity index is 709. The van der Waals surface area contributed by atoms with E-state index in [0.29, 0.717) is 31.0 Å². The fourth-order valence-electron chi connectivity index (χ4n) is 2.34. The molecule has 0 aliphatic rings. The highest BCUT2D eigenvalue weighted by atomic mass is 32.2. The van der Waals surface area contributed by atoms with Crippen LogP contribution in [0.3, 0.4) is 0 Å². The summed E-state index contributed by atoms with van der Waals surface area (Å²) in [7, 11) is -3.49. The maximum absolute atomic E-state index is 13.0. The SMILES string of the molecule is Cc1cc(S(=O)(=O)N(CCCN)Cc2ccccc2)c(C)s1. The van der Waals surface area contributed by atoms with E-state index in [1.165, 1.54) is 15.6 Å². The molecule has 120 valence electrons. The molecule has 0 amide bonds. The standard InChI is InChI=1S/C16H22N2O2S2/c1-13-11-16(14(2)21-13)22(19,20)18(10-6-9-17)12-15-7-4-3-5-8-15/h3-5,7-8,11H,6,9-10,12,17H2,1-2H3. The highest BCUT2D eigenvalue weighted by Crippen LogP contribution is 2.28. The average molecular weight is 338 g/mol. The van der Waals surface area contributed by atoms with Crippen molar-refractivity contribution in [1.29, 1.82) is 0 Å². The zero-order chi connectivity index (χ0) is 16.2. The van der Waals surface area contributed by atoms with Crippen LogP contribution in [0, 0.1) is 13.8 Å². The lowest BCUT2D eigenvalue weighted by molar-refractivity contribution is 0.401. The second-order valence-corrected chi connectivity index (χ2v) is 8.61. The van der Waals surface area contributed by atoms with Crippen molar-refractivity contribution in [2.75, 3.05) is 13.1 Å². The Morgan fingerprint density at radius 1 is 1.18 bits per heavy atom. The van der Waals surface area contributed by atoms with Crippen LogP contribution in [0.4, 0.5) is 0 Å². The van der Waals surface area contributed by atoms with Crippen molar-refractivity contribution in [3.63, 3.8) is 0 Å². The topological polar surface area (TPSA) is 63.4 Å². The summed E-state index contributed by atoms with van der Waals surface area (Å²) in [5.74, 6) is 0. The van der Waals surface area contributed by atoms with Crippen molar-refractivity contribution >= 4 is 21.4 Å². The van der Waals surface area contributed by atoms with E-state index in [9.17, 15) is 8.42 Å². The quantitative estimate of drug-likeness (QED) is 0.844. The Kier molecular flexibility index (Phi) is 5.74. The van der Waals surface area contributed by atoms with Crippen LogP contribution in [0.5, 0.6) is 0 Å². The van der Waals surface area contributed by atoms with Crippen molar-refractivity contribution in [2.45, 2.75) is 31.7 Å². The molecular formula is C16H22N2O2S2. The number of aryl methyl sites for hydroxylation is 2. The van der Waals surface area contributed by atoms with Crippen molar-refractivity contribution in [3.8, 4) is 0 Å². The van der Waals surface area contributed by atoms with Gasteiger partial charge in [-0.3, -0.25) is 0 Å². The summed E-state index contributed by atoms with van der Waals surface area (Å²) in [5, 5.41) is 0. The lowest BCUT2D eigenvalue weighted by Crippen LogP contribution is -2.32. The van der Waals surface area contributed by atoms with Gasteiger partial charge < -0.3 is 5.73 Å². The van der Waals surface area contributed by atoms with E-state index in [1.54, 1.807) is 6.07 Å². The first-order chi connectivity index (χ1) is 10.4. The first-order valence-corrected chi connectivity index (χ1v) is 9.52. The Morgan fingerprint density at radius 3 is 2.41 bits per heavy atom. The predicted molar refractivity (Wildman–Crippen MR) is 91.5 cm³/mol. The van der Waals surface area contributed by atoms with Gasteiger partial charge >= 0.3 is 0 Å². The van der Waals surface area contributed by atoms with E-state index in [1.807, 2.05) is 44.2 Å². The van der Waals surface area contributed by atoms with Gasteiger partial charge in [-0.1, -0.05) is 30.3 Å². The number of nitrogens with two attached hydrogens (primary N) is 1. The summed E-state index contributed by atoms with van der Waals surface area (Å²) in [6.07, 6.45) is 0.647.